The lowest BCUT2D eigenvalue weighted by Crippen LogP contribution is -2.54. The van der Waals surface area contributed by atoms with E-state index in [0.29, 0.717) is 22.7 Å². The molecule has 2 rings (SSSR count). The molecule has 2 aliphatic rings. The lowest BCUT2D eigenvalue weighted by atomic mass is 9.99. The van der Waals surface area contributed by atoms with Gasteiger partial charge >= 0.3 is 8.80 Å². The maximum absolute atomic E-state index is 13.4. The zero-order valence-electron chi connectivity index (χ0n) is 19.6. The van der Waals surface area contributed by atoms with Gasteiger partial charge in [0.1, 0.15) is 0 Å². The van der Waals surface area contributed by atoms with Crippen LogP contribution in [0.15, 0.2) is 0 Å². The molecule has 0 heterocycles. The van der Waals surface area contributed by atoms with Crippen LogP contribution in [0.25, 0.3) is 0 Å². The standard InChI is InChI=1S/C22H44O5Si2/c1-18(2)29(20-13-9-7-10-14-20,21-15-11-8-12-16-21)27-22(23)19(3)17-28(24-4,25-5)26-6/h18-21H,7-17H2,1-6H3. The Labute approximate surface area is 180 Å². The molecule has 0 N–H and O–H groups in total. The normalized spacial score (nSPS) is 21.3. The number of rotatable bonds is 10. The highest BCUT2D eigenvalue weighted by Crippen LogP contribution is 2.54. The lowest BCUT2D eigenvalue weighted by Gasteiger charge is -2.49. The van der Waals surface area contributed by atoms with Gasteiger partial charge in [0.25, 0.3) is 14.3 Å². The smallest absolute Gasteiger partial charge is 0.501 e. The fourth-order valence-electron chi connectivity index (χ4n) is 5.90. The molecular weight excluding hydrogens is 400 g/mol. The van der Waals surface area contributed by atoms with E-state index in [2.05, 4.69) is 13.8 Å². The molecule has 1 unspecified atom stereocenters. The van der Waals surface area contributed by atoms with Gasteiger partial charge in [-0.2, -0.15) is 0 Å². The Bertz CT molecular complexity index is 471. The minimum Gasteiger partial charge on any atom is -0.518 e. The zero-order chi connectivity index (χ0) is 21.5. The van der Waals surface area contributed by atoms with Gasteiger partial charge in [-0.3, -0.25) is 4.79 Å². The van der Waals surface area contributed by atoms with Crippen LogP contribution in [0, 0.1) is 5.92 Å². The number of carbonyl (C=O) groups is 1. The third-order valence-corrected chi connectivity index (χ3v) is 16.6. The second kappa shape index (κ2) is 11.4. The average Bonchev–Trinajstić information content (AvgIpc) is 2.76. The van der Waals surface area contributed by atoms with E-state index in [-0.39, 0.29) is 11.9 Å². The topological polar surface area (TPSA) is 54.0 Å². The van der Waals surface area contributed by atoms with Crippen molar-refractivity contribution >= 4 is 23.1 Å². The first-order valence-electron chi connectivity index (χ1n) is 11.7. The van der Waals surface area contributed by atoms with E-state index >= 15 is 0 Å². The van der Waals surface area contributed by atoms with Gasteiger partial charge in [-0.05, 0) is 42.3 Å². The quantitative estimate of drug-likeness (QED) is 0.383. The Morgan fingerprint density at radius 1 is 0.793 bits per heavy atom. The summed E-state index contributed by atoms with van der Waals surface area (Å²) in [6.45, 7) is 6.60. The Balaban J connectivity index is 2.26. The van der Waals surface area contributed by atoms with Crippen LogP contribution < -0.4 is 0 Å². The van der Waals surface area contributed by atoms with Crippen molar-refractivity contribution in [3.63, 3.8) is 0 Å². The summed E-state index contributed by atoms with van der Waals surface area (Å²) in [5.74, 6) is -0.330. The van der Waals surface area contributed by atoms with Crippen molar-refractivity contribution in [1.29, 1.82) is 0 Å². The van der Waals surface area contributed by atoms with Gasteiger partial charge in [0.15, 0.2) is 0 Å². The first-order chi connectivity index (χ1) is 13.8. The van der Waals surface area contributed by atoms with Crippen molar-refractivity contribution in [1.82, 2.24) is 0 Å². The number of hydrogen-bond acceptors (Lipinski definition) is 5. The highest BCUT2D eigenvalue weighted by Gasteiger charge is 2.55. The molecule has 0 aromatic carbocycles. The molecule has 0 radical (unpaired) electrons. The van der Waals surface area contributed by atoms with Crippen LogP contribution in [-0.4, -0.2) is 44.4 Å². The van der Waals surface area contributed by atoms with Crippen molar-refractivity contribution in [2.75, 3.05) is 21.3 Å². The molecule has 7 heteroatoms. The Hall–Kier alpha value is -0.216. The fourth-order valence-corrected chi connectivity index (χ4v) is 14.1. The van der Waals surface area contributed by atoms with E-state index < -0.39 is 17.1 Å². The summed E-state index contributed by atoms with van der Waals surface area (Å²) in [6.07, 6.45) is 12.8. The maximum atomic E-state index is 13.4. The largest absolute Gasteiger partial charge is 0.518 e. The molecular formula is C22H44O5Si2. The predicted molar refractivity (Wildman–Crippen MR) is 121 cm³/mol. The van der Waals surface area contributed by atoms with Crippen LogP contribution in [0.5, 0.6) is 0 Å². The zero-order valence-corrected chi connectivity index (χ0v) is 21.6. The molecule has 0 aromatic heterocycles. The average molecular weight is 445 g/mol. The SMILES string of the molecule is CO[Si](CC(C)C(=O)O[Si](C(C)C)(C1CCCCC1)C1CCCCC1)(OC)OC. The molecule has 0 spiro atoms. The summed E-state index contributed by atoms with van der Waals surface area (Å²) < 4.78 is 23.5. The Morgan fingerprint density at radius 2 is 1.21 bits per heavy atom. The van der Waals surface area contributed by atoms with E-state index in [9.17, 15) is 4.79 Å². The lowest BCUT2D eigenvalue weighted by molar-refractivity contribution is -0.139. The molecule has 2 saturated carbocycles. The van der Waals surface area contributed by atoms with Crippen LogP contribution in [0.3, 0.4) is 0 Å². The Kier molecular flexibility index (Phi) is 9.86. The van der Waals surface area contributed by atoms with E-state index in [1.807, 2.05) is 6.92 Å². The second-order valence-electron chi connectivity index (χ2n) is 9.50. The van der Waals surface area contributed by atoms with Crippen molar-refractivity contribution < 1.29 is 22.5 Å². The van der Waals surface area contributed by atoms with Crippen LogP contribution in [0.2, 0.25) is 22.7 Å². The van der Waals surface area contributed by atoms with E-state index in [1.165, 1.54) is 64.2 Å². The first-order valence-corrected chi connectivity index (χ1v) is 15.8. The van der Waals surface area contributed by atoms with Gasteiger partial charge in [0.2, 0.25) is 0 Å². The van der Waals surface area contributed by atoms with Crippen LogP contribution in [0.4, 0.5) is 0 Å². The van der Waals surface area contributed by atoms with Gasteiger partial charge in [-0.1, -0.05) is 59.3 Å². The van der Waals surface area contributed by atoms with Crippen LogP contribution >= 0.6 is 0 Å². The minimum absolute atomic E-state index is 0.0514. The van der Waals surface area contributed by atoms with Crippen molar-refractivity contribution in [2.24, 2.45) is 5.92 Å². The summed E-state index contributed by atoms with van der Waals surface area (Å²) in [6, 6.07) is 0.466. The highest BCUT2D eigenvalue weighted by molar-refractivity contribution is 6.79. The molecule has 0 aromatic rings. The molecule has 29 heavy (non-hydrogen) atoms. The van der Waals surface area contributed by atoms with Crippen LogP contribution in [-0.2, 0) is 22.5 Å². The summed E-state index contributed by atoms with van der Waals surface area (Å²) >= 11 is 0. The van der Waals surface area contributed by atoms with Gasteiger partial charge in [-0.15, -0.1) is 0 Å². The summed E-state index contributed by atoms with van der Waals surface area (Å²) in [4.78, 5) is 13.4. The molecule has 170 valence electrons. The monoisotopic (exact) mass is 444 g/mol. The molecule has 0 aliphatic heterocycles. The molecule has 5 nitrogen and oxygen atoms in total. The molecule has 1 atom stereocenters. The second-order valence-corrected chi connectivity index (χ2v) is 17.2. The Morgan fingerprint density at radius 3 is 1.55 bits per heavy atom. The predicted octanol–water partition coefficient (Wildman–Crippen LogP) is 6.07. The number of carbonyl (C=O) groups excluding carboxylic acids is 1. The van der Waals surface area contributed by atoms with Gasteiger partial charge in [-0.25, -0.2) is 0 Å². The molecule has 2 aliphatic carbocycles. The third-order valence-electron chi connectivity index (χ3n) is 7.56. The van der Waals surface area contributed by atoms with Gasteiger partial charge < -0.3 is 17.7 Å². The van der Waals surface area contributed by atoms with Crippen molar-refractivity contribution in [3.8, 4) is 0 Å². The van der Waals surface area contributed by atoms with E-state index in [1.54, 1.807) is 21.3 Å². The van der Waals surface area contributed by atoms with E-state index in [0.717, 1.165) is 0 Å². The summed E-state index contributed by atoms with van der Waals surface area (Å²) in [7, 11) is -0.253. The van der Waals surface area contributed by atoms with Crippen molar-refractivity contribution in [3.05, 3.63) is 0 Å². The molecule has 2 fully saturated rings. The summed E-state index contributed by atoms with van der Waals surface area (Å²) in [5, 5.41) is 0. The third kappa shape index (κ3) is 5.73. The minimum atomic E-state index is -2.81. The molecule has 0 amide bonds. The maximum Gasteiger partial charge on any atom is 0.501 e. The molecule has 0 bridgehead atoms. The van der Waals surface area contributed by atoms with Gasteiger partial charge in [0, 0.05) is 27.4 Å². The molecule has 0 saturated heterocycles. The van der Waals surface area contributed by atoms with E-state index in [4.69, 9.17) is 17.7 Å². The fraction of sp³-hybridized carbons (Fsp3) is 0.955. The summed E-state index contributed by atoms with van der Waals surface area (Å²) in [5.41, 5.74) is 1.69. The highest BCUT2D eigenvalue weighted by atomic mass is 28.4. The van der Waals surface area contributed by atoms with Gasteiger partial charge in [0.05, 0.1) is 5.92 Å². The van der Waals surface area contributed by atoms with Crippen LogP contribution in [0.1, 0.15) is 85.0 Å². The van der Waals surface area contributed by atoms with Crippen molar-refractivity contribution in [2.45, 2.75) is 108 Å². The first kappa shape index (κ1) is 25.0. The number of hydrogen-bond donors (Lipinski definition) is 0.